The zero-order valence-electron chi connectivity index (χ0n) is 14.8. The van der Waals surface area contributed by atoms with E-state index >= 15 is 0 Å². The van der Waals surface area contributed by atoms with Gasteiger partial charge in [0.05, 0.1) is 5.69 Å². The van der Waals surface area contributed by atoms with Gasteiger partial charge in [0.1, 0.15) is 11.6 Å². The highest BCUT2D eigenvalue weighted by Gasteiger charge is 2.26. The SMILES string of the molecule is O=C(Nc1ccccc1O)C1CCN(C(=O)/C=C/c2cccc(F)c2)CC1. The summed E-state index contributed by atoms with van der Waals surface area (Å²) in [5.74, 6) is -0.833. The molecular weight excluding hydrogens is 347 g/mol. The van der Waals surface area contributed by atoms with Crippen LogP contribution < -0.4 is 5.32 Å². The van der Waals surface area contributed by atoms with Gasteiger partial charge in [-0.3, -0.25) is 9.59 Å². The lowest BCUT2D eigenvalue weighted by Crippen LogP contribution is -2.40. The second-order valence-corrected chi connectivity index (χ2v) is 6.49. The highest BCUT2D eigenvalue weighted by Crippen LogP contribution is 2.25. The molecule has 0 spiro atoms. The zero-order chi connectivity index (χ0) is 19.2. The number of para-hydroxylation sites is 2. The van der Waals surface area contributed by atoms with Crippen molar-refractivity contribution in [3.05, 3.63) is 66.0 Å². The van der Waals surface area contributed by atoms with Crippen LogP contribution in [0.4, 0.5) is 10.1 Å². The molecule has 2 aromatic rings. The van der Waals surface area contributed by atoms with Crippen molar-refractivity contribution < 1.29 is 19.1 Å². The van der Waals surface area contributed by atoms with Crippen LogP contribution in [0.2, 0.25) is 0 Å². The molecule has 1 fully saturated rings. The van der Waals surface area contributed by atoms with E-state index < -0.39 is 0 Å². The van der Waals surface area contributed by atoms with E-state index in [-0.39, 0.29) is 29.3 Å². The molecule has 2 amide bonds. The third-order valence-corrected chi connectivity index (χ3v) is 4.61. The summed E-state index contributed by atoms with van der Waals surface area (Å²) in [6, 6.07) is 12.6. The van der Waals surface area contributed by atoms with Gasteiger partial charge < -0.3 is 15.3 Å². The lowest BCUT2D eigenvalue weighted by atomic mass is 9.95. The van der Waals surface area contributed by atoms with E-state index in [0.717, 1.165) is 0 Å². The van der Waals surface area contributed by atoms with Crippen LogP contribution in [0, 0.1) is 11.7 Å². The number of phenolic OH excluding ortho intramolecular Hbond substituents is 1. The molecule has 140 valence electrons. The fourth-order valence-corrected chi connectivity index (χ4v) is 3.06. The summed E-state index contributed by atoms with van der Waals surface area (Å²) >= 11 is 0. The maximum atomic E-state index is 13.2. The molecule has 0 bridgehead atoms. The molecule has 2 N–H and O–H groups in total. The van der Waals surface area contributed by atoms with Crippen LogP contribution in [0.25, 0.3) is 6.08 Å². The predicted molar refractivity (Wildman–Crippen MR) is 101 cm³/mol. The molecular formula is C21H21FN2O3. The predicted octanol–water partition coefficient (Wildman–Crippen LogP) is 3.42. The van der Waals surface area contributed by atoms with Gasteiger partial charge in [0.25, 0.3) is 0 Å². The van der Waals surface area contributed by atoms with Crippen molar-refractivity contribution in [1.29, 1.82) is 0 Å². The standard InChI is InChI=1S/C21H21FN2O3/c22-17-5-3-4-15(14-17)8-9-20(26)24-12-10-16(11-13-24)21(27)23-18-6-1-2-7-19(18)25/h1-9,14,16,25H,10-13H2,(H,23,27)/b9-8+. The third-order valence-electron chi connectivity index (χ3n) is 4.61. The Morgan fingerprint density at radius 2 is 1.85 bits per heavy atom. The Labute approximate surface area is 157 Å². The topological polar surface area (TPSA) is 69.6 Å². The number of hydrogen-bond acceptors (Lipinski definition) is 3. The Kier molecular flexibility index (Phi) is 5.86. The smallest absolute Gasteiger partial charge is 0.246 e. The molecule has 3 rings (SSSR count). The lowest BCUT2D eigenvalue weighted by Gasteiger charge is -2.30. The van der Waals surface area contributed by atoms with Gasteiger partial charge in [-0.2, -0.15) is 0 Å². The number of rotatable bonds is 4. The number of carbonyl (C=O) groups is 2. The van der Waals surface area contributed by atoms with Crippen molar-refractivity contribution in [3.63, 3.8) is 0 Å². The average Bonchev–Trinajstić information content (AvgIpc) is 2.68. The minimum Gasteiger partial charge on any atom is -0.506 e. The number of nitrogens with one attached hydrogen (secondary N) is 1. The summed E-state index contributed by atoms with van der Waals surface area (Å²) in [5, 5.41) is 12.5. The Morgan fingerprint density at radius 3 is 2.56 bits per heavy atom. The number of phenols is 1. The molecule has 2 aromatic carbocycles. The minimum atomic E-state index is -0.346. The van der Waals surface area contributed by atoms with Gasteiger partial charge in [0.15, 0.2) is 0 Å². The second kappa shape index (κ2) is 8.49. The van der Waals surface area contributed by atoms with Gasteiger partial charge in [-0.1, -0.05) is 24.3 Å². The van der Waals surface area contributed by atoms with Crippen LogP contribution >= 0.6 is 0 Å². The molecule has 1 aliphatic heterocycles. The minimum absolute atomic E-state index is 0.0287. The maximum Gasteiger partial charge on any atom is 0.246 e. The number of likely N-dealkylation sites (tertiary alicyclic amines) is 1. The monoisotopic (exact) mass is 368 g/mol. The molecule has 0 saturated carbocycles. The summed E-state index contributed by atoms with van der Waals surface area (Å²) < 4.78 is 13.2. The van der Waals surface area contributed by atoms with Crippen molar-refractivity contribution in [2.75, 3.05) is 18.4 Å². The molecule has 27 heavy (non-hydrogen) atoms. The first-order valence-electron chi connectivity index (χ1n) is 8.84. The van der Waals surface area contributed by atoms with Crippen LogP contribution in [0.1, 0.15) is 18.4 Å². The number of piperidine rings is 1. The fourth-order valence-electron chi connectivity index (χ4n) is 3.06. The van der Waals surface area contributed by atoms with E-state index in [4.69, 9.17) is 0 Å². The van der Waals surface area contributed by atoms with Crippen molar-refractivity contribution in [2.45, 2.75) is 12.8 Å². The molecule has 0 radical (unpaired) electrons. The van der Waals surface area contributed by atoms with Crippen molar-refractivity contribution >= 4 is 23.6 Å². The van der Waals surface area contributed by atoms with E-state index in [9.17, 15) is 19.1 Å². The van der Waals surface area contributed by atoms with E-state index in [1.165, 1.54) is 24.3 Å². The Morgan fingerprint density at radius 1 is 1.11 bits per heavy atom. The lowest BCUT2D eigenvalue weighted by molar-refractivity contribution is -0.130. The molecule has 1 aliphatic rings. The molecule has 0 aromatic heterocycles. The summed E-state index contributed by atoms with van der Waals surface area (Å²) in [6.07, 6.45) is 4.12. The Hall–Kier alpha value is -3.15. The third kappa shape index (κ3) is 4.94. The first-order chi connectivity index (χ1) is 13.0. The molecule has 5 nitrogen and oxygen atoms in total. The van der Waals surface area contributed by atoms with E-state index in [1.54, 1.807) is 41.3 Å². The summed E-state index contributed by atoms with van der Waals surface area (Å²) in [7, 11) is 0. The number of aromatic hydroxyl groups is 1. The highest BCUT2D eigenvalue weighted by molar-refractivity contribution is 5.95. The van der Waals surface area contributed by atoms with Gasteiger partial charge in [-0.25, -0.2) is 4.39 Å². The zero-order valence-corrected chi connectivity index (χ0v) is 14.8. The molecule has 0 atom stereocenters. The quantitative estimate of drug-likeness (QED) is 0.642. The first-order valence-corrected chi connectivity index (χ1v) is 8.84. The highest BCUT2D eigenvalue weighted by atomic mass is 19.1. The molecule has 6 heteroatoms. The van der Waals surface area contributed by atoms with Crippen molar-refractivity contribution in [1.82, 2.24) is 4.90 Å². The molecule has 1 heterocycles. The van der Waals surface area contributed by atoms with Crippen LogP contribution in [-0.4, -0.2) is 34.9 Å². The number of hydrogen-bond donors (Lipinski definition) is 2. The van der Waals surface area contributed by atoms with Crippen LogP contribution in [0.3, 0.4) is 0 Å². The largest absolute Gasteiger partial charge is 0.506 e. The number of carbonyl (C=O) groups excluding carboxylic acids is 2. The summed E-state index contributed by atoms with van der Waals surface area (Å²) in [4.78, 5) is 26.3. The van der Waals surface area contributed by atoms with Gasteiger partial charge in [-0.15, -0.1) is 0 Å². The average molecular weight is 368 g/mol. The number of nitrogens with zero attached hydrogens (tertiary/aromatic N) is 1. The maximum absolute atomic E-state index is 13.2. The first kappa shape index (κ1) is 18.6. The number of halogens is 1. The van der Waals surface area contributed by atoms with Gasteiger partial charge in [-0.05, 0) is 48.7 Å². The molecule has 0 unspecified atom stereocenters. The van der Waals surface area contributed by atoms with Crippen LogP contribution in [0.15, 0.2) is 54.6 Å². The van der Waals surface area contributed by atoms with Gasteiger partial charge >= 0.3 is 0 Å². The number of anilines is 1. The number of benzene rings is 2. The summed E-state index contributed by atoms with van der Waals surface area (Å²) in [5.41, 5.74) is 1.01. The fraction of sp³-hybridized carbons (Fsp3) is 0.238. The van der Waals surface area contributed by atoms with E-state index in [1.807, 2.05) is 0 Å². The Balaban J connectivity index is 1.51. The molecule has 0 aliphatic carbocycles. The van der Waals surface area contributed by atoms with E-state index in [0.29, 0.717) is 37.2 Å². The van der Waals surface area contributed by atoms with Gasteiger partial charge in [0, 0.05) is 25.1 Å². The Bertz CT molecular complexity index is 858. The normalized spacial score (nSPS) is 15.1. The van der Waals surface area contributed by atoms with Gasteiger partial charge in [0.2, 0.25) is 11.8 Å². The number of amides is 2. The molecule has 1 saturated heterocycles. The van der Waals surface area contributed by atoms with E-state index in [2.05, 4.69) is 5.32 Å². The van der Waals surface area contributed by atoms with Crippen LogP contribution in [-0.2, 0) is 9.59 Å². The van der Waals surface area contributed by atoms with Crippen LogP contribution in [0.5, 0.6) is 5.75 Å². The summed E-state index contributed by atoms with van der Waals surface area (Å²) in [6.45, 7) is 0.955. The van der Waals surface area contributed by atoms with Crippen molar-refractivity contribution in [3.8, 4) is 5.75 Å². The second-order valence-electron chi connectivity index (χ2n) is 6.49. The van der Waals surface area contributed by atoms with Crippen molar-refractivity contribution in [2.24, 2.45) is 5.92 Å².